The Kier molecular flexibility index (Phi) is 3.55. The van der Waals surface area contributed by atoms with Gasteiger partial charge in [-0.15, -0.1) is 0 Å². The Hall–Kier alpha value is -1.67. The van der Waals surface area contributed by atoms with Crippen LogP contribution in [0.1, 0.15) is 21.5 Å². The summed E-state index contributed by atoms with van der Waals surface area (Å²) in [5.41, 5.74) is 2.53. The van der Waals surface area contributed by atoms with Crippen molar-refractivity contribution in [2.75, 3.05) is 0 Å². The molecule has 1 aromatic heterocycles. The van der Waals surface area contributed by atoms with E-state index in [9.17, 15) is 4.79 Å². The highest BCUT2D eigenvalue weighted by Crippen LogP contribution is 2.17. The van der Waals surface area contributed by atoms with E-state index in [0.29, 0.717) is 17.0 Å². The highest BCUT2D eigenvalue weighted by atomic mass is 35.5. The van der Waals surface area contributed by atoms with Crippen LogP contribution < -0.4 is 0 Å². The van der Waals surface area contributed by atoms with E-state index in [1.165, 1.54) is 0 Å². The summed E-state index contributed by atoms with van der Waals surface area (Å²) >= 11 is 6.00. The first-order chi connectivity index (χ1) is 8.16. The molecule has 0 N–H and O–H groups in total. The molecule has 0 aliphatic carbocycles. The van der Waals surface area contributed by atoms with Crippen LogP contribution in [0.15, 0.2) is 42.7 Å². The van der Waals surface area contributed by atoms with Crippen molar-refractivity contribution in [2.24, 2.45) is 0 Å². The molecule has 0 aliphatic rings. The monoisotopic (exact) mass is 245 g/mol. The van der Waals surface area contributed by atoms with Gasteiger partial charge in [0.2, 0.25) is 0 Å². The number of carbonyl (C=O) groups excluding carboxylic acids is 1. The maximum absolute atomic E-state index is 12.0. The van der Waals surface area contributed by atoms with E-state index in [1.54, 1.807) is 24.5 Å². The number of hydrogen-bond donors (Lipinski definition) is 0. The summed E-state index contributed by atoms with van der Waals surface area (Å²) in [4.78, 5) is 16.0. The molecular weight excluding hydrogens is 234 g/mol. The van der Waals surface area contributed by atoms with Crippen LogP contribution in [-0.4, -0.2) is 10.8 Å². The number of ketones is 1. The van der Waals surface area contributed by atoms with Crippen molar-refractivity contribution in [3.05, 3.63) is 64.4 Å². The summed E-state index contributed by atoms with van der Waals surface area (Å²) in [7, 11) is 0. The van der Waals surface area contributed by atoms with Gasteiger partial charge in [-0.3, -0.25) is 9.78 Å². The lowest BCUT2D eigenvalue weighted by Gasteiger charge is -2.03. The number of rotatable bonds is 3. The maximum Gasteiger partial charge on any atom is 0.167 e. The van der Waals surface area contributed by atoms with Crippen LogP contribution in [0.25, 0.3) is 0 Å². The third-order valence-electron chi connectivity index (χ3n) is 2.58. The molecular formula is C14H12ClNO. The minimum Gasteiger partial charge on any atom is -0.294 e. The van der Waals surface area contributed by atoms with E-state index >= 15 is 0 Å². The van der Waals surface area contributed by atoms with Crippen molar-refractivity contribution in [3.63, 3.8) is 0 Å². The molecule has 2 nitrogen and oxygen atoms in total. The first-order valence-corrected chi connectivity index (χ1v) is 5.73. The third-order valence-corrected chi connectivity index (χ3v) is 2.99. The second kappa shape index (κ2) is 5.11. The molecule has 2 rings (SSSR count). The van der Waals surface area contributed by atoms with Gasteiger partial charge in [0.1, 0.15) is 0 Å². The molecule has 0 aliphatic heterocycles. The highest BCUT2D eigenvalue weighted by Gasteiger charge is 2.08. The highest BCUT2D eigenvalue weighted by molar-refractivity contribution is 6.31. The number of carbonyl (C=O) groups is 1. The van der Waals surface area contributed by atoms with Gasteiger partial charge in [-0.25, -0.2) is 0 Å². The van der Waals surface area contributed by atoms with Gasteiger partial charge in [0.05, 0.1) is 0 Å². The average molecular weight is 246 g/mol. The zero-order chi connectivity index (χ0) is 12.3. The largest absolute Gasteiger partial charge is 0.294 e. The minimum atomic E-state index is 0.0555. The van der Waals surface area contributed by atoms with Crippen molar-refractivity contribution in [1.82, 2.24) is 4.98 Å². The van der Waals surface area contributed by atoms with Gasteiger partial charge >= 0.3 is 0 Å². The zero-order valence-electron chi connectivity index (χ0n) is 9.48. The quantitative estimate of drug-likeness (QED) is 0.775. The van der Waals surface area contributed by atoms with Crippen LogP contribution in [0.4, 0.5) is 0 Å². The predicted molar refractivity (Wildman–Crippen MR) is 68.5 cm³/mol. The first kappa shape index (κ1) is 11.8. The number of Topliss-reactive ketones (excluding diaryl/α,β-unsaturated/α-hetero) is 1. The molecule has 0 fully saturated rings. The van der Waals surface area contributed by atoms with Crippen molar-refractivity contribution in [3.8, 4) is 0 Å². The van der Waals surface area contributed by atoms with Crippen LogP contribution in [0, 0.1) is 6.92 Å². The number of aryl methyl sites for hydroxylation is 1. The Morgan fingerprint density at radius 3 is 2.82 bits per heavy atom. The summed E-state index contributed by atoms with van der Waals surface area (Å²) in [6, 6.07) is 9.10. The SMILES string of the molecule is Cc1ccc(C(=O)Cc2cccnc2)cc1Cl. The fourth-order valence-corrected chi connectivity index (χ4v) is 1.74. The minimum absolute atomic E-state index is 0.0555. The fourth-order valence-electron chi connectivity index (χ4n) is 1.56. The van der Waals surface area contributed by atoms with Crippen LogP contribution in [0.5, 0.6) is 0 Å². The van der Waals surface area contributed by atoms with Crippen LogP contribution in [-0.2, 0) is 6.42 Å². The molecule has 0 radical (unpaired) electrons. The lowest BCUT2D eigenvalue weighted by atomic mass is 10.0. The lowest BCUT2D eigenvalue weighted by molar-refractivity contribution is 0.0993. The Bertz CT molecular complexity index is 537. The van der Waals surface area contributed by atoms with Crippen LogP contribution in [0.2, 0.25) is 5.02 Å². The fraction of sp³-hybridized carbons (Fsp3) is 0.143. The smallest absolute Gasteiger partial charge is 0.167 e. The Morgan fingerprint density at radius 1 is 1.35 bits per heavy atom. The van der Waals surface area contributed by atoms with Gasteiger partial charge in [-0.2, -0.15) is 0 Å². The summed E-state index contributed by atoms with van der Waals surface area (Å²) in [6.45, 7) is 1.91. The molecule has 3 heteroatoms. The van der Waals surface area contributed by atoms with Gasteiger partial charge in [-0.05, 0) is 30.2 Å². The molecule has 17 heavy (non-hydrogen) atoms. The molecule has 0 atom stereocenters. The van der Waals surface area contributed by atoms with Gasteiger partial charge in [0.25, 0.3) is 0 Å². The Morgan fingerprint density at radius 2 is 2.18 bits per heavy atom. The van der Waals surface area contributed by atoms with Crippen molar-refractivity contribution in [2.45, 2.75) is 13.3 Å². The summed E-state index contributed by atoms with van der Waals surface area (Å²) in [5, 5.41) is 0.627. The van der Waals surface area contributed by atoms with E-state index in [4.69, 9.17) is 11.6 Å². The molecule has 0 amide bonds. The number of hydrogen-bond acceptors (Lipinski definition) is 2. The predicted octanol–water partition coefficient (Wildman–Crippen LogP) is 3.47. The molecule has 0 unspecified atom stereocenters. The molecule has 0 bridgehead atoms. The standard InChI is InChI=1S/C14H12ClNO/c1-10-4-5-12(8-13(10)15)14(17)7-11-3-2-6-16-9-11/h2-6,8-9H,7H2,1H3. The Balaban J connectivity index is 2.18. The summed E-state index contributed by atoms with van der Waals surface area (Å²) in [6.07, 6.45) is 3.75. The summed E-state index contributed by atoms with van der Waals surface area (Å²) < 4.78 is 0. The normalized spacial score (nSPS) is 10.2. The molecule has 0 saturated carbocycles. The third kappa shape index (κ3) is 2.92. The lowest BCUT2D eigenvalue weighted by Crippen LogP contribution is -2.03. The number of nitrogens with zero attached hydrogens (tertiary/aromatic N) is 1. The van der Waals surface area contributed by atoms with E-state index in [2.05, 4.69) is 4.98 Å². The van der Waals surface area contributed by atoms with Gasteiger partial charge in [0.15, 0.2) is 5.78 Å². The first-order valence-electron chi connectivity index (χ1n) is 5.35. The second-order valence-corrected chi connectivity index (χ2v) is 4.33. The molecule has 86 valence electrons. The maximum atomic E-state index is 12.0. The van der Waals surface area contributed by atoms with E-state index < -0.39 is 0 Å². The van der Waals surface area contributed by atoms with Gasteiger partial charge in [0, 0.05) is 29.4 Å². The number of aromatic nitrogens is 1. The van der Waals surface area contributed by atoms with Crippen molar-refractivity contribution < 1.29 is 4.79 Å². The molecule has 0 saturated heterocycles. The van der Waals surface area contributed by atoms with Gasteiger partial charge in [-0.1, -0.05) is 29.8 Å². The topological polar surface area (TPSA) is 30.0 Å². The molecule has 2 aromatic rings. The van der Waals surface area contributed by atoms with Crippen LogP contribution in [0.3, 0.4) is 0 Å². The van der Waals surface area contributed by atoms with Gasteiger partial charge < -0.3 is 0 Å². The molecule has 0 spiro atoms. The number of pyridine rings is 1. The van der Waals surface area contributed by atoms with Crippen LogP contribution >= 0.6 is 11.6 Å². The number of benzene rings is 1. The van der Waals surface area contributed by atoms with E-state index in [0.717, 1.165) is 11.1 Å². The Labute approximate surface area is 105 Å². The zero-order valence-corrected chi connectivity index (χ0v) is 10.2. The van der Waals surface area contributed by atoms with E-state index in [1.807, 2.05) is 25.1 Å². The number of halogens is 1. The van der Waals surface area contributed by atoms with E-state index in [-0.39, 0.29) is 5.78 Å². The molecule has 1 aromatic carbocycles. The molecule has 1 heterocycles. The summed E-state index contributed by atoms with van der Waals surface area (Å²) in [5.74, 6) is 0.0555. The van der Waals surface area contributed by atoms with Crippen molar-refractivity contribution in [1.29, 1.82) is 0 Å². The second-order valence-electron chi connectivity index (χ2n) is 3.93. The average Bonchev–Trinajstić information content (AvgIpc) is 2.34. The van der Waals surface area contributed by atoms with Crippen molar-refractivity contribution >= 4 is 17.4 Å².